The Morgan fingerprint density at radius 2 is 2.21 bits per heavy atom. The number of rotatable bonds is 3. The first-order valence-corrected chi connectivity index (χ1v) is 8.69. The Morgan fingerprint density at radius 1 is 1.33 bits per heavy atom. The van der Waals surface area contributed by atoms with Gasteiger partial charge in [0.25, 0.3) is 0 Å². The summed E-state index contributed by atoms with van der Waals surface area (Å²) in [5.41, 5.74) is 1.62. The van der Waals surface area contributed by atoms with E-state index in [-0.39, 0.29) is 24.0 Å². The van der Waals surface area contributed by atoms with Crippen molar-refractivity contribution in [3.8, 4) is 5.75 Å². The number of aromatic nitrogens is 1. The van der Waals surface area contributed by atoms with Crippen molar-refractivity contribution in [2.24, 2.45) is 0 Å². The van der Waals surface area contributed by atoms with Crippen molar-refractivity contribution in [1.82, 2.24) is 10.3 Å². The van der Waals surface area contributed by atoms with Crippen LogP contribution in [-0.2, 0) is 11.2 Å². The third kappa shape index (κ3) is 2.98. The Hall–Kier alpha value is -2.07. The van der Waals surface area contributed by atoms with Crippen molar-refractivity contribution < 1.29 is 9.53 Å². The van der Waals surface area contributed by atoms with Crippen LogP contribution in [0.5, 0.6) is 5.75 Å². The maximum atomic E-state index is 12.5. The van der Waals surface area contributed by atoms with Gasteiger partial charge in [0.05, 0.1) is 12.5 Å². The Bertz CT molecular complexity index is 759. The highest BCUT2D eigenvalue weighted by Gasteiger charge is 2.45. The number of nitrogens with zero attached hydrogens (tertiary/aromatic N) is 1. The summed E-state index contributed by atoms with van der Waals surface area (Å²) < 4.78 is 6.22. The standard InChI is InChI=1S/C19H19ClN2O2/c20-13-5-6-17-15(10-13)16(12-19(24-17)7-3-8-19)22-18(23)11-14-4-1-2-9-21-14/h1-2,4-6,9-10,16H,3,7-8,11-12H2,(H,22,23). The molecule has 4 rings (SSSR count). The number of carbonyl (C=O) groups excluding carboxylic acids is 1. The minimum atomic E-state index is -0.121. The summed E-state index contributed by atoms with van der Waals surface area (Å²) in [7, 11) is 0. The van der Waals surface area contributed by atoms with E-state index >= 15 is 0 Å². The molecule has 2 aliphatic rings. The summed E-state index contributed by atoms with van der Waals surface area (Å²) in [6.45, 7) is 0. The predicted octanol–water partition coefficient (Wildman–Crippen LogP) is 3.84. The number of carbonyl (C=O) groups is 1. The van der Waals surface area contributed by atoms with Crippen molar-refractivity contribution >= 4 is 17.5 Å². The molecule has 124 valence electrons. The molecule has 1 unspecified atom stereocenters. The van der Waals surface area contributed by atoms with Crippen LogP contribution in [-0.4, -0.2) is 16.5 Å². The van der Waals surface area contributed by atoms with Crippen LogP contribution in [0.4, 0.5) is 0 Å². The summed E-state index contributed by atoms with van der Waals surface area (Å²) in [4.78, 5) is 16.7. The number of amides is 1. The first-order valence-electron chi connectivity index (χ1n) is 8.31. The van der Waals surface area contributed by atoms with Gasteiger partial charge in [-0.3, -0.25) is 9.78 Å². The number of halogens is 1. The molecule has 1 aliphatic heterocycles. The second-order valence-electron chi connectivity index (χ2n) is 6.64. The largest absolute Gasteiger partial charge is 0.487 e. The molecule has 1 N–H and O–H groups in total. The molecule has 1 aromatic carbocycles. The zero-order valence-corrected chi connectivity index (χ0v) is 14.1. The van der Waals surface area contributed by atoms with Gasteiger partial charge in [0, 0.05) is 28.9 Å². The summed E-state index contributed by atoms with van der Waals surface area (Å²) >= 11 is 6.15. The van der Waals surface area contributed by atoms with Gasteiger partial charge in [0.15, 0.2) is 0 Å². The van der Waals surface area contributed by atoms with E-state index in [1.807, 2.05) is 36.4 Å². The maximum absolute atomic E-state index is 12.5. The van der Waals surface area contributed by atoms with E-state index in [0.29, 0.717) is 5.02 Å². The van der Waals surface area contributed by atoms with Crippen LogP contribution in [0.2, 0.25) is 5.02 Å². The number of pyridine rings is 1. The predicted molar refractivity (Wildman–Crippen MR) is 92.1 cm³/mol. The number of hydrogen-bond acceptors (Lipinski definition) is 3. The second kappa shape index (κ2) is 6.10. The Kier molecular flexibility index (Phi) is 3.93. The molecule has 1 spiro atoms. The van der Waals surface area contributed by atoms with Crippen LogP contribution in [0.1, 0.15) is 43.0 Å². The average Bonchev–Trinajstić information content (AvgIpc) is 2.54. The van der Waals surface area contributed by atoms with Crippen LogP contribution in [0.3, 0.4) is 0 Å². The quantitative estimate of drug-likeness (QED) is 0.922. The summed E-state index contributed by atoms with van der Waals surface area (Å²) in [5.74, 6) is 0.814. The van der Waals surface area contributed by atoms with Crippen molar-refractivity contribution in [2.45, 2.75) is 43.7 Å². The average molecular weight is 343 g/mol. The molecular formula is C19H19ClN2O2. The second-order valence-corrected chi connectivity index (χ2v) is 7.08. The fourth-order valence-electron chi connectivity index (χ4n) is 3.56. The number of fused-ring (bicyclic) bond motifs is 1. The third-order valence-electron chi connectivity index (χ3n) is 4.92. The Morgan fingerprint density at radius 3 is 2.92 bits per heavy atom. The van der Waals surface area contributed by atoms with E-state index in [1.165, 1.54) is 6.42 Å². The van der Waals surface area contributed by atoms with Crippen molar-refractivity contribution in [3.05, 3.63) is 58.9 Å². The summed E-state index contributed by atoms with van der Waals surface area (Å²) in [5, 5.41) is 3.81. The van der Waals surface area contributed by atoms with E-state index in [0.717, 1.165) is 36.3 Å². The van der Waals surface area contributed by atoms with Crippen molar-refractivity contribution in [2.75, 3.05) is 0 Å². The minimum absolute atomic E-state index is 0.0269. The SMILES string of the molecule is O=C(Cc1ccccn1)NC1CC2(CCC2)Oc2ccc(Cl)cc21. The molecule has 0 saturated heterocycles. The molecule has 2 aromatic rings. The van der Waals surface area contributed by atoms with Crippen LogP contribution in [0.25, 0.3) is 0 Å². The number of hydrogen-bond donors (Lipinski definition) is 1. The van der Waals surface area contributed by atoms with Crippen LogP contribution in [0.15, 0.2) is 42.6 Å². The third-order valence-corrected chi connectivity index (χ3v) is 5.15. The number of benzene rings is 1. The van der Waals surface area contributed by atoms with Gasteiger partial charge >= 0.3 is 0 Å². The highest BCUT2D eigenvalue weighted by atomic mass is 35.5. The molecule has 0 radical (unpaired) electrons. The lowest BCUT2D eigenvalue weighted by molar-refractivity contribution is -0.122. The summed E-state index contributed by atoms with van der Waals surface area (Å²) in [6.07, 6.45) is 6.05. The molecule has 5 heteroatoms. The highest BCUT2D eigenvalue weighted by Crippen LogP contribution is 2.49. The van der Waals surface area contributed by atoms with Crippen LogP contribution >= 0.6 is 11.6 Å². The molecule has 4 nitrogen and oxygen atoms in total. The topological polar surface area (TPSA) is 51.2 Å². The molecule has 1 amide bonds. The van der Waals surface area contributed by atoms with E-state index in [2.05, 4.69) is 10.3 Å². The van der Waals surface area contributed by atoms with Gasteiger partial charge in [-0.05, 0) is 49.6 Å². The van der Waals surface area contributed by atoms with Gasteiger partial charge in [-0.2, -0.15) is 0 Å². The zero-order chi connectivity index (χ0) is 16.6. The normalized spacial score (nSPS) is 20.6. The zero-order valence-electron chi connectivity index (χ0n) is 13.3. The molecule has 1 aliphatic carbocycles. The van der Waals surface area contributed by atoms with Gasteiger partial charge in [-0.1, -0.05) is 17.7 Å². The first-order chi connectivity index (χ1) is 11.6. The molecular weight excluding hydrogens is 324 g/mol. The van der Waals surface area contributed by atoms with Crippen LogP contribution in [0, 0.1) is 0 Å². The van der Waals surface area contributed by atoms with E-state index in [4.69, 9.17) is 16.3 Å². The minimum Gasteiger partial charge on any atom is -0.487 e. The lowest BCUT2D eigenvalue weighted by atomic mass is 9.73. The lowest BCUT2D eigenvalue weighted by Crippen LogP contribution is -2.49. The van der Waals surface area contributed by atoms with Crippen molar-refractivity contribution in [1.29, 1.82) is 0 Å². The molecule has 1 saturated carbocycles. The molecule has 1 fully saturated rings. The molecule has 2 heterocycles. The van der Waals surface area contributed by atoms with Gasteiger partial charge in [0.2, 0.25) is 5.91 Å². The number of ether oxygens (including phenoxy) is 1. The van der Waals surface area contributed by atoms with Crippen LogP contribution < -0.4 is 10.1 Å². The molecule has 1 atom stereocenters. The Labute approximate surface area is 146 Å². The van der Waals surface area contributed by atoms with E-state index in [1.54, 1.807) is 6.20 Å². The molecule has 24 heavy (non-hydrogen) atoms. The first kappa shape index (κ1) is 15.5. The smallest absolute Gasteiger partial charge is 0.226 e. The lowest BCUT2D eigenvalue weighted by Gasteiger charge is -2.48. The van der Waals surface area contributed by atoms with Gasteiger partial charge in [-0.15, -0.1) is 0 Å². The Balaban J connectivity index is 1.55. The molecule has 0 bridgehead atoms. The monoisotopic (exact) mass is 342 g/mol. The maximum Gasteiger partial charge on any atom is 0.226 e. The fourth-order valence-corrected chi connectivity index (χ4v) is 3.74. The summed E-state index contributed by atoms with van der Waals surface area (Å²) in [6, 6.07) is 11.2. The highest BCUT2D eigenvalue weighted by molar-refractivity contribution is 6.30. The van der Waals surface area contributed by atoms with Crippen molar-refractivity contribution in [3.63, 3.8) is 0 Å². The molecule has 1 aromatic heterocycles. The van der Waals surface area contributed by atoms with E-state index in [9.17, 15) is 4.79 Å². The van der Waals surface area contributed by atoms with Gasteiger partial charge in [0.1, 0.15) is 11.4 Å². The number of nitrogens with one attached hydrogen (secondary N) is 1. The van der Waals surface area contributed by atoms with Gasteiger partial charge in [-0.25, -0.2) is 0 Å². The fraction of sp³-hybridized carbons (Fsp3) is 0.368. The van der Waals surface area contributed by atoms with E-state index < -0.39 is 0 Å². The van der Waals surface area contributed by atoms with Gasteiger partial charge < -0.3 is 10.1 Å².